The van der Waals surface area contributed by atoms with E-state index >= 15 is 0 Å². The molecule has 124 valence electrons. The predicted molar refractivity (Wildman–Crippen MR) is 90.3 cm³/mol. The van der Waals surface area contributed by atoms with Gasteiger partial charge in [0.15, 0.2) is 5.78 Å². The molecule has 3 rings (SSSR count). The minimum atomic E-state index is -0.270. The van der Waals surface area contributed by atoms with Crippen molar-refractivity contribution in [3.05, 3.63) is 35.7 Å². The van der Waals surface area contributed by atoms with Crippen LogP contribution in [-0.2, 0) is 9.59 Å². The number of nitrogens with one attached hydrogen (secondary N) is 1. The maximum Gasteiger partial charge on any atom is 0.234 e. The van der Waals surface area contributed by atoms with Crippen molar-refractivity contribution in [3.63, 3.8) is 0 Å². The summed E-state index contributed by atoms with van der Waals surface area (Å²) in [6.45, 7) is 1.39. The van der Waals surface area contributed by atoms with Crippen molar-refractivity contribution in [1.29, 1.82) is 5.26 Å². The Balaban J connectivity index is 1.88. The van der Waals surface area contributed by atoms with Crippen molar-refractivity contribution >= 4 is 23.1 Å². The highest BCUT2D eigenvalue weighted by atomic mass is 16.2. The number of hydrogen-bond donors (Lipinski definition) is 1. The van der Waals surface area contributed by atoms with E-state index in [1.54, 1.807) is 4.90 Å². The second-order valence-corrected chi connectivity index (χ2v) is 5.90. The Morgan fingerprint density at radius 3 is 2.42 bits per heavy atom. The molecule has 0 unspecified atom stereocenters. The average molecular weight is 325 g/mol. The third-order valence-electron chi connectivity index (χ3n) is 4.34. The van der Waals surface area contributed by atoms with Crippen molar-refractivity contribution in [2.24, 2.45) is 0 Å². The lowest BCUT2D eigenvalue weighted by Crippen LogP contribution is -2.49. The predicted octanol–water partition coefficient (Wildman–Crippen LogP) is 0.309. The van der Waals surface area contributed by atoms with Gasteiger partial charge in [-0.25, -0.2) is 0 Å². The Labute approximate surface area is 140 Å². The number of Topliss-reactive ketones (excluding diaryl/α,β-unsaturated/α-hetero) is 1. The van der Waals surface area contributed by atoms with Crippen LogP contribution in [0.2, 0.25) is 0 Å². The molecule has 0 aromatic heterocycles. The summed E-state index contributed by atoms with van der Waals surface area (Å²) in [7, 11) is 3.69. The summed E-state index contributed by atoms with van der Waals surface area (Å²) in [4.78, 5) is 29.6. The third-order valence-corrected chi connectivity index (χ3v) is 4.34. The summed E-state index contributed by atoms with van der Waals surface area (Å²) < 4.78 is 0. The van der Waals surface area contributed by atoms with Crippen molar-refractivity contribution in [3.8, 4) is 6.07 Å². The summed E-state index contributed by atoms with van der Waals surface area (Å²) in [5.41, 5.74) is 2.02. The Kier molecular flexibility index (Phi) is 4.23. The first-order valence-corrected chi connectivity index (χ1v) is 7.76. The highest BCUT2D eigenvalue weighted by Gasteiger charge is 2.32. The van der Waals surface area contributed by atoms with E-state index in [2.05, 4.69) is 11.4 Å². The Bertz CT molecular complexity index is 733. The fraction of sp³-hybridized carbons (Fsp3) is 0.353. The van der Waals surface area contributed by atoms with E-state index in [4.69, 9.17) is 0 Å². The maximum atomic E-state index is 12.7. The van der Waals surface area contributed by atoms with Gasteiger partial charge in [-0.2, -0.15) is 5.26 Å². The molecule has 1 aromatic rings. The molecule has 0 aliphatic carbocycles. The van der Waals surface area contributed by atoms with Gasteiger partial charge >= 0.3 is 0 Å². The second-order valence-electron chi connectivity index (χ2n) is 5.90. The Morgan fingerprint density at radius 2 is 1.88 bits per heavy atom. The number of nitriles is 1. The van der Waals surface area contributed by atoms with Crippen LogP contribution in [0.25, 0.3) is 0 Å². The number of piperazine rings is 1. The molecule has 0 saturated carbocycles. The SMILES string of the molecule is CN1C(=C(C#N)C(=O)CN2CCNC(=O)C2)N(C)c2ccccc21. The first-order chi connectivity index (χ1) is 11.5. The van der Waals surface area contributed by atoms with Gasteiger partial charge in [-0.3, -0.25) is 14.5 Å². The average Bonchev–Trinajstić information content (AvgIpc) is 2.81. The number of benzene rings is 1. The molecule has 24 heavy (non-hydrogen) atoms. The number of anilines is 2. The molecule has 1 aromatic carbocycles. The minimum absolute atomic E-state index is 0.0673. The zero-order chi connectivity index (χ0) is 17.3. The maximum absolute atomic E-state index is 12.7. The third kappa shape index (κ3) is 2.72. The van der Waals surface area contributed by atoms with Crippen LogP contribution >= 0.6 is 0 Å². The molecule has 1 fully saturated rings. The van der Waals surface area contributed by atoms with Crippen molar-refractivity contribution in [2.75, 3.05) is 50.1 Å². The van der Waals surface area contributed by atoms with E-state index in [1.807, 2.05) is 48.2 Å². The second kappa shape index (κ2) is 6.34. The van der Waals surface area contributed by atoms with Crippen LogP contribution in [-0.4, -0.2) is 56.9 Å². The van der Waals surface area contributed by atoms with Gasteiger partial charge in [0, 0.05) is 27.2 Å². The molecule has 0 radical (unpaired) electrons. The largest absolute Gasteiger partial charge is 0.354 e. The summed E-state index contributed by atoms with van der Waals surface area (Å²) in [6.07, 6.45) is 0. The van der Waals surface area contributed by atoms with E-state index in [1.165, 1.54) is 0 Å². The smallest absolute Gasteiger partial charge is 0.234 e. The zero-order valence-electron chi connectivity index (χ0n) is 13.7. The van der Waals surface area contributed by atoms with Crippen molar-refractivity contribution in [1.82, 2.24) is 10.2 Å². The lowest BCUT2D eigenvalue weighted by Gasteiger charge is -2.26. The zero-order valence-corrected chi connectivity index (χ0v) is 13.7. The summed E-state index contributed by atoms with van der Waals surface area (Å²) in [6, 6.07) is 9.81. The molecule has 7 heteroatoms. The van der Waals surface area contributed by atoms with E-state index in [0.29, 0.717) is 18.9 Å². The van der Waals surface area contributed by atoms with Crippen LogP contribution in [0.5, 0.6) is 0 Å². The number of para-hydroxylation sites is 2. The molecule has 0 bridgehead atoms. The summed E-state index contributed by atoms with van der Waals surface area (Å²) >= 11 is 0. The molecule has 2 aliphatic heterocycles. The molecule has 0 atom stereocenters. The highest BCUT2D eigenvalue weighted by Crippen LogP contribution is 2.40. The van der Waals surface area contributed by atoms with Gasteiger partial charge in [0.25, 0.3) is 0 Å². The van der Waals surface area contributed by atoms with E-state index < -0.39 is 0 Å². The first-order valence-electron chi connectivity index (χ1n) is 7.76. The quantitative estimate of drug-likeness (QED) is 0.636. The van der Waals surface area contributed by atoms with Gasteiger partial charge in [-0.15, -0.1) is 0 Å². The van der Waals surface area contributed by atoms with Crippen molar-refractivity contribution in [2.45, 2.75) is 0 Å². The van der Waals surface area contributed by atoms with Crippen LogP contribution in [0, 0.1) is 11.3 Å². The number of rotatable bonds is 3. The van der Waals surface area contributed by atoms with E-state index in [9.17, 15) is 14.9 Å². The van der Waals surface area contributed by atoms with Gasteiger partial charge in [0.1, 0.15) is 17.5 Å². The van der Waals surface area contributed by atoms with Crippen LogP contribution in [0.4, 0.5) is 11.4 Å². The van der Waals surface area contributed by atoms with Gasteiger partial charge in [0.05, 0.1) is 24.5 Å². The molecular weight excluding hydrogens is 306 g/mol. The van der Waals surface area contributed by atoms with Gasteiger partial charge in [-0.05, 0) is 12.1 Å². The monoisotopic (exact) mass is 325 g/mol. The fourth-order valence-electron chi connectivity index (χ4n) is 3.17. The minimum Gasteiger partial charge on any atom is -0.354 e. The Morgan fingerprint density at radius 1 is 1.25 bits per heavy atom. The first kappa shape index (κ1) is 16.0. The number of nitrogens with zero attached hydrogens (tertiary/aromatic N) is 4. The number of hydrogen-bond acceptors (Lipinski definition) is 6. The topological polar surface area (TPSA) is 79.7 Å². The molecule has 7 nitrogen and oxygen atoms in total. The number of carbonyl (C=O) groups excluding carboxylic acids is 2. The summed E-state index contributed by atoms with van der Waals surface area (Å²) in [5, 5.41) is 12.3. The molecule has 2 heterocycles. The van der Waals surface area contributed by atoms with E-state index in [0.717, 1.165) is 11.4 Å². The van der Waals surface area contributed by atoms with Crippen molar-refractivity contribution < 1.29 is 9.59 Å². The van der Waals surface area contributed by atoms with Gasteiger partial charge < -0.3 is 15.1 Å². The molecule has 1 N–H and O–H groups in total. The standard InChI is InChI=1S/C17H19N5O2/c1-20-13-5-3-4-6-14(13)21(2)17(20)12(9-18)15(23)10-22-8-7-19-16(24)11-22/h3-6H,7-8,10-11H2,1-2H3,(H,19,24). The number of fused-ring (bicyclic) bond motifs is 1. The van der Waals surface area contributed by atoms with Crippen LogP contribution in [0.15, 0.2) is 35.7 Å². The highest BCUT2D eigenvalue weighted by molar-refractivity contribution is 6.03. The van der Waals surface area contributed by atoms with Crippen LogP contribution in [0.1, 0.15) is 0 Å². The van der Waals surface area contributed by atoms with Gasteiger partial charge in [0.2, 0.25) is 5.91 Å². The molecule has 1 amide bonds. The Hall–Kier alpha value is -2.85. The molecular formula is C17H19N5O2. The van der Waals surface area contributed by atoms with Crippen LogP contribution in [0.3, 0.4) is 0 Å². The van der Waals surface area contributed by atoms with E-state index in [-0.39, 0.29) is 30.4 Å². The molecule has 2 aliphatic rings. The lowest BCUT2D eigenvalue weighted by atomic mass is 10.1. The number of amides is 1. The summed E-state index contributed by atoms with van der Waals surface area (Å²) in [5.74, 6) is 0.210. The molecule has 0 spiro atoms. The fourth-order valence-corrected chi connectivity index (χ4v) is 3.17. The number of carbonyl (C=O) groups is 2. The molecule has 1 saturated heterocycles. The number of ketones is 1. The normalized spacial score (nSPS) is 17.4. The van der Waals surface area contributed by atoms with Gasteiger partial charge in [-0.1, -0.05) is 12.1 Å². The lowest BCUT2D eigenvalue weighted by molar-refractivity contribution is -0.125. The van der Waals surface area contributed by atoms with Crippen LogP contribution < -0.4 is 15.1 Å².